The highest BCUT2D eigenvalue weighted by Gasteiger charge is 2.35. The Kier molecular flexibility index (Phi) is 4.30. The zero-order valence-corrected chi connectivity index (χ0v) is 17.3. The minimum absolute atomic E-state index is 0.238. The van der Waals surface area contributed by atoms with Crippen molar-refractivity contribution in [3.8, 4) is 17.6 Å². The van der Waals surface area contributed by atoms with Crippen LogP contribution in [-0.2, 0) is 0 Å². The van der Waals surface area contributed by atoms with Crippen LogP contribution in [0.25, 0.3) is 10.8 Å². The summed E-state index contributed by atoms with van der Waals surface area (Å²) in [5.74, 6) is 0.485. The van der Waals surface area contributed by atoms with Crippen molar-refractivity contribution in [2.75, 3.05) is 18.5 Å². The van der Waals surface area contributed by atoms with Crippen LogP contribution in [0.1, 0.15) is 34.3 Å². The lowest BCUT2D eigenvalue weighted by Gasteiger charge is -2.35. The predicted octanol–water partition coefficient (Wildman–Crippen LogP) is 4.00. The first-order chi connectivity index (χ1) is 16.1. The van der Waals surface area contributed by atoms with E-state index in [-0.39, 0.29) is 17.3 Å². The number of nitriles is 1. The van der Waals surface area contributed by atoms with Crippen molar-refractivity contribution in [3.63, 3.8) is 0 Å². The molecule has 0 aliphatic carbocycles. The molecule has 3 heterocycles. The fourth-order valence-electron chi connectivity index (χ4n) is 4.68. The van der Waals surface area contributed by atoms with Gasteiger partial charge < -0.3 is 14.8 Å². The first-order valence-corrected chi connectivity index (χ1v) is 10.5. The Morgan fingerprint density at radius 1 is 1.00 bits per heavy atom. The monoisotopic (exact) mass is 440 g/mol. The van der Waals surface area contributed by atoms with Gasteiger partial charge >= 0.3 is 0 Å². The summed E-state index contributed by atoms with van der Waals surface area (Å²) >= 11 is 0. The van der Waals surface area contributed by atoms with Crippen LogP contribution in [-0.4, -0.2) is 23.4 Å². The molecule has 33 heavy (non-hydrogen) atoms. The van der Waals surface area contributed by atoms with Gasteiger partial charge in [0.2, 0.25) is 0 Å². The van der Waals surface area contributed by atoms with E-state index in [4.69, 9.17) is 9.47 Å². The molecule has 0 spiro atoms. The highest BCUT2D eigenvalue weighted by Crippen LogP contribution is 2.47. The lowest BCUT2D eigenvalue weighted by atomic mass is 9.79. The molecule has 162 valence electrons. The van der Waals surface area contributed by atoms with Gasteiger partial charge in [0.25, 0.3) is 5.56 Å². The first kappa shape index (κ1) is 19.3. The van der Waals surface area contributed by atoms with Gasteiger partial charge in [-0.3, -0.25) is 4.79 Å². The fraction of sp³-hybridized carbons (Fsp3) is 0.160. The predicted molar refractivity (Wildman–Crippen MR) is 119 cm³/mol. The van der Waals surface area contributed by atoms with Crippen molar-refractivity contribution in [2.24, 2.45) is 0 Å². The molecule has 0 saturated heterocycles. The Balaban J connectivity index is 1.59. The molecule has 4 aromatic rings. The number of hydrogen-bond acceptors (Lipinski definition) is 6. The van der Waals surface area contributed by atoms with Crippen molar-refractivity contribution in [1.29, 1.82) is 5.26 Å². The maximum atomic E-state index is 14.4. The zero-order valence-electron chi connectivity index (χ0n) is 17.3. The van der Waals surface area contributed by atoms with E-state index >= 15 is 0 Å². The number of rotatable bonds is 2. The molecule has 0 fully saturated rings. The minimum atomic E-state index is -0.509. The summed E-state index contributed by atoms with van der Waals surface area (Å²) in [5.41, 5.74) is 3.02. The Morgan fingerprint density at radius 3 is 2.55 bits per heavy atom. The molecule has 0 amide bonds. The van der Waals surface area contributed by atoms with E-state index in [1.165, 1.54) is 12.1 Å². The molecule has 8 heteroatoms. The van der Waals surface area contributed by atoms with Crippen molar-refractivity contribution in [2.45, 2.75) is 12.0 Å². The molecule has 2 N–H and O–H groups in total. The second-order valence-corrected chi connectivity index (χ2v) is 8.05. The van der Waals surface area contributed by atoms with Gasteiger partial charge in [0.15, 0.2) is 11.5 Å². The highest BCUT2D eigenvalue weighted by atomic mass is 19.1. The Morgan fingerprint density at radius 2 is 1.76 bits per heavy atom. The molecule has 0 bridgehead atoms. The normalized spacial score (nSPS) is 18.4. The first-order valence-electron chi connectivity index (χ1n) is 10.5. The maximum Gasteiger partial charge on any atom is 0.272 e. The van der Waals surface area contributed by atoms with Crippen molar-refractivity contribution >= 4 is 16.5 Å². The van der Waals surface area contributed by atoms with Crippen LogP contribution < -0.4 is 20.3 Å². The molecule has 0 saturated carbocycles. The average Bonchev–Trinajstić information content (AvgIpc) is 2.85. The van der Waals surface area contributed by atoms with Gasteiger partial charge in [-0.15, -0.1) is 0 Å². The van der Waals surface area contributed by atoms with E-state index in [9.17, 15) is 14.4 Å². The molecule has 1 aromatic heterocycles. The van der Waals surface area contributed by atoms with Crippen LogP contribution in [0.4, 0.5) is 10.1 Å². The molecular formula is C25H17FN4O3. The van der Waals surface area contributed by atoms with Crippen LogP contribution in [0, 0.1) is 17.1 Å². The molecule has 6 rings (SSSR count). The topological polar surface area (TPSA) is 100 Å². The molecule has 0 radical (unpaired) electrons. The van der Waals surface area contributed by atoms with Gasteiger partial charge in [-0.05, 0) is 47.5 Å². The number of benzene rings is 3. The number of aromatic amines is 1. The molecule has 3 aromatic carbocycles. The van der Waals surface area contributed by atoms with E-state index in [1.54, 1.807) is 12.1 Å². The van der Waals surface area contributed by atoms with E-state index in [0.29, 0.717) is 47.0 Å². The van der Waals surface area contributed by atoms with E-state index in [0.717, 1.165) is 11.1 Å². The van der Waals surface area contributed by atoms with Gasteiger partial charge in [0, 0.05) is 11.1 Å². The summed E-state index contributed by atoms with van der Waals surface area (Å²) in [4.78, 5) is 12.4. The second-order valence-electron chi connectivity index (χ2n) is 8.05. The number of ether oxygens (including phenoxy) is 2. The third-order valence-corrected chi connectivity index (χ3v) is 6.14. The van der Waals surface area contributed by atoms with E-state index < -0.39 is 11.4 Å². The van der Waals surface area contributed by atoms with Crippen molar-refractivity contribution in [1.82, 2.24) is 10.2 Å². The summed E-state index contributed by atoms with van der Waals surface area (Å²) in [6.07, 6.45) is 0. The van der Waals surface area contributed by atoms with Crippen LogP contribution in [0.2, 0.25) is 0 Å². The van der Waals surface area contributed by atoms with Gasteiger partial charge in [0.1, 0.15) is 19.0 Å². The summed E-state index contributed by atoms with van der Waals surface area (Å²) in [5, 5.41) is 20.4. The number of fused-ring (bicyclic) bond motifs is 1. The Hall–Kier alpha value is -4.38. The second kappa shape index (κ2) is 7.35. The van der Waals surface area contributed by atoms with E-state index in [1.807, 2.05) is 30.3 Å². The number of nitrogens with one attached hydrogen (secondary N) is 2. The Labute approximate surface area is 187 Å². The van der Waals surface area contributed by atoms with Crippen molar-refractivity contribution in [3.05, 3.63) is 93.2 Å². The molecule has 2 aliphatic rings. The minimum Gasteiger partial charge on any atom is -0.486 e. The lowest BCUT2D eigenvalue weighted by Crippen LogP contribution is -2.28. The zero-order chi connectivity index (χ0) is 22.5. The third kappa shape index (κ3) is 3.09. The SMILES string of the molecule is N#Cc1ccc(C2c3n[nH]c(=O)c4cc(F)cc(c34)NC2c2ccc3c(c2)OCCO3)cc1. The summed E-state index contributed by atoms with van der Waals surface area (Å²) in [6.45, 7) is 0.956. The average molecular weight is 440 g/mol. The molecular weight excluding hydrogens is 423 g/mol. The third-order valence-electron chi connectivity index (χ3n) is 6.14. The highest BCUT2D eigenvalue weighted by molar-refractivity contribution is 5.97. The van der Waals surface area contributed by atoms with Crippen LogP contribution in [0.15, 0.2) is 59.4 Å². The molecule has 2 atom stereocenters. The number of halogens is 1. The van der Waals surface area contributed by atoms with Gasteiger partial charge in [-0.2, -0.15) is 10.4 Å². The standard InChI is InChI=1S/C25H17FN4O3/c26-16-10-17-22-18(11-16)28-23(15-5-6-19-20(9-15)33-8-7-32-19)21(24(22)29-30-25(17)31)14-3-1-13(12-27)2-4-14/h1-6,9-11,21,23,28H,7-8H2,(H,30,31). The number of aromatic nitrogens is 2. The smallest absolute Gasteiger partial charge is 0.272 e. The van der Waals surface area contributed by atoms with Gasteiger partial charge in [-0.1, -0.05) is 18.2 Å². The largest absolute Gasteiger partial charge is 0.486 e. The maximum absolute atomic E-state index is 14.4. The fourth-order valence-corrected chi connectivity index (χ4v) is 4.68. The quantitative estimate of drug-likeness (QED) is 0.489. The summed E-state index contributed by atoms with van der Waals surface area (Å²) < 4.78 is 25.8. The van der Waals surface area contributed by atoms with Gasteiger partial charge in [0.05, 0.1) is 34.7 Å². The van der Waals surface area contributed by atoms with Crippen molar-refractivity contribution < 1.29 is 13.9 Å². The van der Waals surface area contributed by atoms with Gasteiger partial charge in [-0.25, -0.2) is 9.49 Å². The number of nitrogens with zero attached hydrogens (tertiary/aromatic N) is 2. The van der Waals surface area contributed by atoms with Crippen LogP contribution in [0.3, 0.4) is 0 Å². The van der Waals surface area contributed by atoms with Crippen LogP contribution >= 0.6 is 0 Å². The lowest BCUT2D eigenvalue weighted by molar-refractivity contribution is 0.171. The number of H-pyrrole nitrogens is 1. The number of anilines is 1. The number of hydrogen-bond donors (Lipinski definition) is 2. The van der Waals surface area contributed by atoms with E-state index in [2.05, 4.69) is 21.6 Å². The molecule has 2 unspecified atom stereocenters. The van der Waals surface area contributed by atoms with Crippen LogP contribution in [0.5, 0.6) is 11.5 Å². The molecule has 7 nitrogen and oxygen atoms in total. The Bertz CT molecular complexity index is 1510. The summed E-state index contributed by atoms with van der Waals surface area (Å²) in [6, 6.07) is 17.4. The molecule has 2 aliphatic heterocycles. The summed E-state index contributed by atoms with van der Waals surface area (Å²) in [7, 11) is 0.